The number of aryl methyl sites for hydroxylation is 1. The first kappa shape index (κ1) is 9.58. The highest BCUT2D eigenvalue weighted by atomic mass is 16.1. The zero-order valence-corrected chi connectivity index (χ0v) is 8.40. The van der Waals surface area contributed by atoms with Crippen LogP contribution < -0.4 is 5.69 Å². The molecule has 2 aromatic heterocycles. The van der Waals surface area contributed by atoms with Gasteiger partial charge in [0.25, 0.3) is 0 Å². The maximum Gasteiger partial charge on any atom is 0.345 e. The number of aromatic amines is 1. The molecule has 15 heavy (non-hydrogen) atoms. The lowest BCUT2D eigenvalue weighted by molar-refractivity contribution is 0.946. The minimum Gasteiger partial charge on any atom is -0.310 e. The smallest absolute Gasteiger partial charge is 0.310 e. The van der Waals surface area contributed by atoms with E-state index in [9.17, 15) is 4.79 Å². The number of aromatic nitrogens is 3. The third-order valence-electron chi connectivity index (χ3n) is 2.04. The van der Waals surface area contributed by atoms with Crippen molar-refractivity contribution in [2.75, 3.05) is 0 Å². The van der Waals surface area contributed by atoms with Gasteiger partial charge in [0, 0.05) is 24.5 Å². The molecule has 1 N–H and O–H groups in total. The number of hydrogen-bond acceptors (Lipinski definition) is 3. The van der Waals surface area contributed by atoms with Crippen LogP contribution in [0.25, 0.3) is 0 Å². The highest BCUT2D eigenvalue weighted by Crippen LogP contribution is 2.04. The quantitative estimate of drug-likeness (QED) is 0.790. The van der Waals surface area contributed by atoms with Gasteiger partial charge in [-0.2, -0.15) is 4.98 Å². The van der Waals surface area contributed by atoms with Crippen LogP contribution in [0, 0.1) is 6.92 Å². The van der Waals surface area contributed by atoms with Crippen LogP contribution in [-0.4, -0.2) is 15.0 Å². The molecule has 0 saturated carbocycles. The summed E-state index contributed by atoms with van der Waals surface area (Å²) in [5.74, 6) is 0. The van der Waals surface area contributed by atoms with Gasteiger partial charge >= 0.3 is 5.69 Å². The van der Waals surface area contributed by atoms with Crippen LogP contribution in [0.3, 0.4) is 0 Å². The molecule has 0 radical (unpaired) electrons. The lowest BCUT2D eigenvalue weighted by Crippen LogP contribution is -2.14. The Morgan fingerprint density at radius 2 is 2.33 bits per heavy atom. The Balaban J connectivity index is 2.29. The van der Waals surface area contributed by atoms with Gasteiger partial charge in [0.2, 0.25) is 0 Å². The SMILES string of the molecule is Cc1cc(Cc2cccnc2)nc(=O)[nH]1. The van der Waals surface area contributed by atoms with Gasteiger partial charge < -0.3 is 4.98 Å². The first-order valence-corrected chi connectivity index (χ1v) is 4.70. The second-order valence-electron chi connectivity index (χ2n) is 3.40. The van der Waals surface area contributed by atoms with Gasteiger partial charge in [0.15, 0.2) is 0 Å². The highest BCUT2D eigenvalue weighted by Gasteiger charge is 1.99. The molecule has 0 aliphatic rings. The molecule has 2 heterocycles. The van der Waals surface area contributed by atoms with Crippen molar-refractivity contribution in [1.82, 2.24) is 15.0 Å². The zero-order valence-electron chi connectivity index (χ0n) is 8.40. The normalized spacial score (nSPS) is 10.2. The average molecular weight is 201 g/mol. The average Bonchev–Trinajstić information content (AvgIpc) is 2.17. The fraction of sp³-hybridized carbons (Fsp3) is 0.182. The van der Waals surface area contributed by atoms with Gasteiger partial charge in [-0.1, -0.05) is 6.07 Å². The van der Waals surface area contributed by atoms with Crippen molar-refractivity contribution < 1.29 is 0 Å². The van der Waals surface area contributed by atoms with Gasteiger partial charge in [0.1, 0.15) is 0 Å². The van der Waals surface area contributed by atoms with Gasteiger partial charge in [-0.25, -0.2) is 4.79 Å². The van der Waals surface area contributed by atoms with Crippen molar-refractivity contribution in [1.29, 1.82) is 0 Å². The monoisotopic (exact) mass is 201 g/mol. The number of H-pyrrole nitrogens is 1. The Labute approximate surface area is 87.0 Å². The van der Waals surface area contributed by atoms with E-state index in [1.54, 1.807) is 12.4 Å². The van der Waals surface area contributed by atoms with Crippen LogP contribution in [0.1, 0.15) is 17.0 Å². The standard InChI is InChI=1S/C11H11N3O/c1-8-5-10(14-11(15)13-8)6-9-3-2-4-12-7-9/h2-5,7H,6H2,1H3,(H,13,14,15). The fourth-order valence-electron chi connectivity index (χ4n) is 1.45. The number of hydrogen-bond donors (Lipinski definition) is 1. The Bertz CT molecular complexity index is 505. The van der Waals surface area contributed by atoms with Gasteiger partial charge in [-0.15, -0.1) is 0 Å². The topological polar surface area (TPSA) is 58.6 Å². The van der Waals surface area contributed by atoms with E-state index >= 15 is 0 Å². The van der Waals surface area contributed by atoms with Crippen molar-refractivity contribution in [3.05, 3.63) is 58.0 Å². The molecule has 0 saturated heterocycles. The van der Waals surface area contributed by atoms with Gasteiger partial charge in [-0.3, -0.25) is 4.98 Å². The van der Waals surface area contributed by atoms with E-state index in [0.29, 0.717) is 6.42 Å². The van der Waals surface area contributed by atoms with Gasteiger partial charge in [-0.05, 0) is 24.6 Å². The number of nitrogens with zero attached hydrogens (tertiary/aromatic N) is 2. The minimum atomic E-state index is -0.297. The zero-order chi connectivity index (χ0) is 10.7. The van der Waals surface area contributed by atoms with Crippen LogP contribution in [-0.2, 0) is 6.42 Å². The predicted octanol–water partition coefficient (Wildman–Crippen LogP) is 1.06. The Kier molecular flexibility index (Phi) is 2.58. The summed E-state index contributed by atoms with van der Waals surface area (Å²) in [5.41, 5.74) is 2.35. The molecule has 0 fully saturated rings. The third-order valence-corrected chi connectivity index (χ3v) is 2.04. The largest absolute Gasteiger partial charge is 0.345 e. The summed E-state index contributed by atoms with van der Waals surface area (Å²) in [6.45, 7) is 1.84. The summed E-state index contributed by atoms with van der Waals surface area (Å²) in [4.78, 5) is 21.6. The molecule has 0 atom stereocenters. The Morgan fingerprint density at radius 3 is 3.00 bits per heavy atom. The van der Waals surface area contributed by atoms with E-state index in [0.717, 1.165) is 17.0 Å². The fourth-order valence-corrected chi connectivity index (χ4v) is 1.45. The van der Waals surface area contributed by atoms with E-state index in [-0.39, 0.29) is 5.69 Å². The van der Waals surface area contributed by atoms with E-state index in [1.807, 2.05) is 25.1 Å². The maximum atomic E-state index is 11.1. The lowest BCUT2D eigenvalue weighted by atomic mass is 10.1. The molecule has 0 aliphatic heterocycles. The van der Waals surface area contributed by atoms with Crippen molar-refractivity contribution in [3.8, 4) is 0 Å². The second-order valence-corrected chi connectivity index (χ2v) is 3.40. The first-order valence-electron chi connectivity index (χ1n) is 4.70. The van der Waals surface area contributed by atoms with E-state index in [4.69, 9.17) is 0 Å². The second kappa shape index (κ2) is 4.04. The number of nitrogens with one attached hydrogen (secondary N) is 1. The minimum absolute atomic E-state index is 0.297. The van der Waals surface area contributed by atoms with Crippen LogP contribution >= 0.6 is 0 Å². The molecule has 2 aromatic rings. The van der Waals surface area contributed by atoms with Crippen LogP contribution in [0.2, 0.25) is 0 Å². The van der Waals surface area contributed by atoms with Crippen molar-refractivity contribution in [2.45, 2.75) is 13.3 Å². The molecule has 0 aromatic carbocycles. The highest BCUT2D eigenvalue weighted by molar-refractivity contribution is 5.18. The van der Waals surface area contributed by atoms with Gasteiger partial charge in [0.05, 0.1) is 5.69 Å². The summed E-state index contributed by atoms with van der Waals surface area (Å²) in [6.07, 6.45) is 4.14. The third kappa shape index (κ3) is 2.49. The summed E-state index contributed by atoms with van der Waals surface area (Å²) in [7, 11) is 0. The number of pyridine rings is 1. The molecule has 0 aliphatic carbocycles. The molecule has 0 unspecified atom stereocenters. The molecule has 0 amide bonds. The van der Waals surface area contributed by atoms with Crippen LogP contribution in [0.15, 0.2) is 35.4 Å². The molecule has 76 valence electrons. The molecule has 0 spiro atoms. The Morgan fingerprint density at radius 1 is 1.47 bits per heavy atom. The number of rotatable bonds is 2. The maximum absolute atomic E-state index is 11.1. The molecule has 4 nitrogen and oxygen atoms in total. The van der Waals surface area contributed by atoms with Crippen molar-refractivity contribution in [2.24, 2.45) is 0 Å². The predicted molar refractivity (Wildman–Crippen MR) is 56.6 cm³/mol. The summed E-state index contributed by atoms with van der Waals surface area (Å²) >= 11 is 0. The van der Waals surface area contributed by atoms with E-state index in [1.165, 1.54) is 0 Å². The molecule has 4 heteroatoms. The summed E-state index contributed by atoms with van der Waals surface area (Å²) < 4.78 is 0. The van der Waals surface area contributed by atoms with Crippen molar-refractivity contribution >= 4 is 0 Å². The first-order chi connectivity index (χ1) is 7.24. The Hall–Kier alpha value is -1.97. The van der Waals surface area contributed by atoms with Crippen LogP contribution in [0.4, 0.5) is 0 Å². The van der Waals surface area contributed by atoms with E-state index < -0.39 is 0 Å². The molecular formula is C11H11N3O. The van der Waals surface area contributed by atoms with Crippen LogP contribution in [0.5, 0.6) is 0 Å². The summed E-state index contributed by atoms with van der Waals surface area (Å²) in [5, 5.41) is 0. The lowest BCUT2D eigenvalue weighted by Gasteiger charge is -2.00. The molecule has 2 rings (SSSR count). The van der Waals surface area contributed by atoms with E-state index in [2.05, 4.69) is 15.0 Å². The molecule has 0 bridgehead atoms. The van der Waals surface area contributed by atoms with Crippen molar-refractivity contribution in [3.63, 3.8) is 0 Å². The summed E-state index contributed by atoms with van der Waals surface area (Å²) in [6, 6.07) is 5.70. The molecular weight excluding hydrogens is 190 g/mol.